The Balaban J connectivity index is 1.94. The van der Waals surface area contributed by atoms with E-state index in [0.29, 0.717) is 18.1 Å². The highest BCUT2D eigenvalue weighted by molar-refractivity contribution is 5.83. The van der Waals surface area contributed by atoms with E-state index < -0.39 is 0 Å². The maximum Gasteiger partial charge on any atom is 0.140 e. The lowest BCUT2D eigenvalue weighted by Crippen LogP contribution is -2.23. The van der Waals surface area contributed by atoms with Crippen LogP contribution in [0.4, 0.5) is 0 Å². The smallest absolute Gasteiger partial charge is 0.140 e. The number of ketones is 1. The van der Waals surface area contributed by atoms with Gasteiger partial charge in [-0.05, 0) is 31.2 Å². The first-order valence-corrected chi connectivity index (χ1v) is 6.73. The van der Waals surface area contributed by atoms with Crippen LogP contribution >= 0.6 is 0 Å². The number of Topliss-reactive ketones (excluding diaryl/α,β-unsaturated/α-hetero) is 1. The van der Waals surface area contributed by atoms with Gasteiger partial charge in [0.2, 0.25) is 0 Å². The molecule has 92 valence electrons. The van der Waals surface area contributed by atoms with E-state index in [4.69, 9.17) is 0 Å². The van der Waals surface area contributed by atoms with Crippen molar-refractivity contribution in [1.29, 1.82) is 0 Å². The Morgan fingerprint density at radius 3 is 2.59 bits per heavy atom. The average Bonchev–Trinajstić information content (AvgIpc) is 2.32. The Hall–Kier alpha value is -1.11. The van der Waals surface area contributed by atoms with Crippen LogP contribution in [0.15, 0.2) is 24.3 Å². The van der Waals surface area contributed by atoms with Crippen molar-refractivity contribution in [2.75, 3.05) is 0 Å². The van der Waals surface area contributed by atoms with Crippen molar-refractivity contribution in [2.24, 2.45) is 11.8 Å². The summed E-state index contributed by atoms with van der Waals surface area (Å²) in [6.07, 6.45) is 5.36. The van der Waals surface area contributed by atoms with E-state index in [1.165, 1.54) is 24.0 Å². The first kappa shape index (κ1) is 12.3. The zero-order valence-corrected chi connectivity index (χ0v) is 10.9. The number of carbonyl (C=O) groups excluding carboxylic acids is 1. The van der Waals surface area contributed by atoms with Crippen molar-refractivity contribution in [3.8, 4) is 0 Å². The fourth-order valence-electron chi connectivity index (χ4n) is 2.78. The summed E-state index contributed by atoms with van der Waals surface area (Å²) in [7, 11) is 0. The third-order valence-corrected chi connectivity index (χ3v) is 3.89. The molecule has 1 saturated carbocycles. The summed E-state index contributed by atoms with van der Waals surface area (Å²) in [4.78, 5) is 12.2. The molecule has 0 N–H and O–H groups in total. The van der Waals surface area contributed by atoms with Gasteiger partial charge in [-0.15, -0.1) is 0 Å². The fraction of sp³-hybridized carbons (Fsp3) is 0.562. The van der Waals surface area contributed by atoms with Gasteiger partial charge < -0.3 is 0 Å². The van der Waals surface area contributed by atoms with Crippen LogP contribution in [0.5, 0.6) is 0 Å². The van der Waals surface area contributed by atoms with Gasteiger partial charge in [0.05, 0.1) is 0 Å². The highest BCUT2D eigenvalue weighted by Crippen LogP contribution is 2.29. The molecule has 1 aromatic rings. The van der Waals surface area contributed by atoms with E-state index in [9.17, 15) is 4.79 Å². The van der Waals surface area contributed by atoms with E-state index in [2.05, 4.69) is 38.1 Å². The lowest BCUT2D eigenvalue weighted by molar-refractivity contribution is -0.123. The maximum atomic E-state index is 12.2. The second-order valence-electron chi connectivity index (χ2n) is 5.60. The highest BCUT2D eigenvalue weighted by atomic mass is 16.1. The molecule has 2 rings (SSSR count). The molecule has 1 aliphatic rings. The minimum absolute atomic E-state index is 0.319. The van der Waals surface area contributed by atoms with Crippen LogP contribution in [0.25, 0.3) is 0 Å². The number of carbonyl (C=O) groups is 1. The van der Waals surface area contributed by atoms with Crippen molar-refractivity contribution >= 4 is 5.78 Å². The molecule has 0 heterocycles. The van der Waals surface area contributed by atoms with Crippen LogP contribution in [0.3, 0.4) is 0 Å². The largest absolute Gasteiger partial charge is 0.299 e. The summed E-state index contributed by atoms with van der Waals surface area (Å²) in [5.74, 6) is 1.50. The van der Waals surface area contributed by atoms with E-state index in [-0.39, 0.29) is 0 Å². The quantitative estimate of drug-likeness (QED) is 0.769. The van der Waals surface area contributed by atoms with E-state index in [1.807, 2.05) is 0 Å². The Labute approximate surface area is 104 Å². The fourth-order valence-corrected chi connectivity index (χ4v) is 2.78. The molecule has 2 atom stereocenters. The summed E-state index contributed by atoms with van der Waals surface area (Å²) < 4.78 is 0. The molecule has 0 aliphatic heterocycles. The molecule has 17 heavy (non-hydrogen) atoms. The summed E-state index contributed by atoms with van der Waals surface area (Å²) in [5.41, 5.74) is 2.42. The summed E-state index contributed by atoms with van der Waals surface area (Å²) in [5, 5.41) is 0. The standard InChI is InChI=1S/C16H22O/c1-12-6-8-14(9-7-12)11-16(17)15-5-3-4-13(2)10-15/h6-9,13,15H,3-5,10-11H2,1-2H3. The average molecular weight is 230 g/mol. The van der Waals surface area contributed by atoms with Crippen LogP contribution in [-0.4, -0.2) is 5.78 Å². The lowest BCUT2D eigenvalue weighted by atomic mass is 9.79. The van der Waals surface area contributed by atoms with Gasteiger partial charge in [-0.1, -0.05) is 49.6 Å². The summed E-state index contributed by atoms with van der Waals surface area (Å²) in [6, 6.07) is 8.34. The predicted octanol–water partition coefficient (Wildman–Crippen LogP) is 3.93. The Kier molecular flexibility index (Phi) is 3.98. The van der Waals surface area contributed by atoms with E-state index >= 15 is 0 Å². The van der Waals surface area contributed by atoms with Gasteiger partial charge in [0.15, 0.2) is 0 Å². The van der Waals surface area contributed by atoms with Crippen molar-refractivity contribution in [3.63, 3.8) is 0 Å². The van der Waals surface area contributed by atoms with Gasteiger partial charge in [-0.25, -0.2) is 0 Å². The van der Waals surface area contributed by atoms with Crippen molar-refractivity contribution in [2.45, 2.75) is 46.0 Å². The minimum Gasteiger partial charge on any atom is -0.299 e. The Bertz CT molecular complexity index is 377. The van der Waals surface area contributed by atoms with Gasteiger partial charge in [0.1, 0.15) is 5.78 Å². The van der Waals surface area contributed by atoms with Gasteiger partial charge >= 0.3 is 0 Å². The molecule has 0 bridgehead atoms. The lowest BCUT2D eigenvalue weighted by Gasteiger charge is -2.25. The second kappa shape index (κ2) is 5.48. The molecule has 1 nitrogen and oxygen atoms in total. The molecule has 0 radical (unpaired) electrons. The summed E-state index contributed by atoms with van der Waals surface area (Å²) >= 11 is 0. The second-order valence-corrected chi connectivity index (χ2v) is 5.60. The molecule has 1 aromatic carbocycles. The van der Waals surface area contributed by atoms with Crippen LogP contribution in [0.2, 0.25) is 0 Å². The Morgan fingerprint density at radius 2 is 1.94 bits per heavy atom. The monoisotopic (exact) mass is 230 g/mol. The number of hydrogen-bond donors (Lipinski definition) is 0. The molecule has 1 heteroatoms. The molecule has 0 spiro atoms. The zero-order chi connectivity index (χ0) is 12.3. The highest BCUT2D eigenvalue weighted by Gasteiger charge is 2.24. The number of rotatable bonds is 3. The Morgan fingerprint density at radius 1 is 1.24 bits per heavy atom. The number of aryl methyl sites for hydroxylation is 1. The van der Waals surface area contributed by atoms with Crippen LogP contribution in [-0.2, 0) is 11.2 Å². The molecule has 0 saturated heterocycles. The molecule has 1 aliphatic carbocycles. The van der Waals surface area contributed by atoms with Crippen LogP contribution in [0.1, 0.15) is 43.7 Å². The third kappa shape index (κ3) is 3.42. The normalized spacial score (nSPS) is 24.6. The minimum atomic E-state index is 0.319. The zero-order valence-electron chi connectivity index (χ0n) is 10.9. The third-order valence-electron chi connectivity index (χ3n) is 3.89. The first-order chi connectivity index (χ1) is 8.15. The summed E-state index contributed by atoms with van der Waals surface area (Å²) in [6.45, 7) is 4.35. The molecular weight excluding hydrogens is 208 g/mol. The molecule has 0 aromatic heterocycles. The maximum absolute atomic E-state index is 12.2. The number of hydrogen-bond acceptors (Lipinski definition) is 1. The van der Waals surface area contributed by atoms with Crippen molar-refractivity contribution < 1.29 is 4.79 Å². The topological polar surface area (TPSA) is 17.1 Å². The first-order valence-electron chi connectivity index (χ1n) is 6.73. The van der Waals surface area contributed by atoms with Gasteiger partial charge in [0.25, 0.3) is 0 Å². The van der Waals surface area contributed by atoms with Gasteiger partial charge in [0, 0.05) is 12.3 Å². The van der Waals surface area contributed by atoms with Gasteiger partial charge in [-0.2, -0.15) is 0 Å². The van der Waals surface area contributed by atoms with Crippen LogP contribution in [0, 0.1) is 18.8 Å². The van der Waals surface area contributed by atoms with Gasteiger partial charge in [-0.3, -0.25) is 4.79 Å². The van der Waals surface area contributed by atoms with Crippen molar-refractivity contribution in [3.05, 3.63) is 35.4 Å². The SMILES string of the molecule is Cc1ccc(CC(=O)C2CCCC(C)C2)cc1. The van der Waals surface area contributed by atoms with E-state index in [1.54, 1.807) is 0 Å². The molecule has 0 amide bonds. The molecule has 1 fully saturated rings. The van der Waals surface area contributed by atoms with Crippen LogP contribution < -0.4 is 0 Å². The predicted molar refractivity (Wildman–Crippen MR) is 71.0 cm³/mol. The van der Waals surface area contributed by atoms with E-state index in [0.717, 1.165) is 18.8 Å². The number of benzene rings is 1. The molecule has 2 unspecified atom stereocenters. The van der Waals surface area contributed by atoms with Crippen molar-refractivity contribution in [1.82, 2.24) is 0 Å². The molecular formula is C16H22O.